The second-order valence-electron chi connectivity index (χ2n) is 4.42. The molecule has 0 aliphatic heterocycles. The number of aromatic amines is 1. The molecule has 8 heteroatoms. The molecule has 1 heterocycles. The number of ether oxygens (including phenoxy) is 1. The summed E-state index contributed by atoms with van der Waals surface area (Å²) in [5, 5.41) is 14.1. The van der Waals surface area contributed by atoms with Gasteiger partial charge in [0, 0.05) is 5.56 Å². The Morgan fingerprint density at radius 3 is 2.64 bits per heavy atom. The van der Waals surface area contributed by atoms with Crippen molar-refractivity contribution in [1.82, 2.24) is 20.6 Å². The van der Waals surface area contributed by atoms with Crippen molar-refractivity contribution in [3.63, 3.8) is 0 Å². The summed E-state index contributed by atoms with van der Waals surface area (Å²) < 4.78 is 19.2. The number of aromatic nitrogens is 4. The van der Waals surface area contributed by atoms with Crippen LogP contribution in [0.3, 0.4) is 0 Å². The molecular formula is C14H9BrClFN4O. The maximum atomic E-state index is 12.9. The minimum Gasteiger partial charge on any atom is -0.486 e. The molecule has 3 aromatic rings. The molecule has 0 aliphatic carbocycles. The lowest BCUT2D eigenvalue weighted by Crippen LogP contribution is -1.97. The third kappa shape index (κ3) is 3.26. The average Bonchev–Trinajstić information content (AvgIpc) is 3.02. The Bertz CT molecular complexity index is 757. The van der Waals surface area contributed by atoms with Crippen molar-refractivity contribution in [3.05, 3.63) is 57.3 Å². The first-order valence-corrected chi connectivity index (χ1v) is 7.40. The van der Waals surface area contributed by atoms with E-state index < -0.39 is 0 Å². The number of nitrogens with zero attached hydrogens (tertiary/aromatic N) is 3. The van der Waals surface area contributed by atoms with Gasteiger partial charge in [-0.3, -0.25) is 0 Å². The summed E-state index contributed by atoms with van der Waals surface area (Å²) in [7, 11) is 0. The molecular weight excluding hydrogens is 375 g/mol. The van der Waals surface area contributed by atoms with E-state index in [2.05, 4.69) is 36.6 Å². The first-order chi connectivity index (χ1) is 10.6. The van der Waals surface area contributed by atoms with Crippen LogP contribution in [0.2, 0.25) is 5.02 Å². The number of H-pyrrole nitrogens is 1. The Morgan fingerprint density at radius 2 is 2.00 bits per heavy atom. The van der Waals surface area contributed by atoms with Gasteiger partial charge in [0.1, 0.15) is 12.4 Å². The van der Waals surface area contributed by atoms with E-state index in [4.69, 9.17) is 16.3 Å². The predicted molar refractivity (Wildman–Crippen MR) is 83.1 cm³/mol. The molecule has 1 aromatic heterocycles. The second-order valence-corrected chi connectivity index (χ2v) is 5.68. The van der Waals surface area contributed by atoms with Gasteiger partial charge >= 0.3 is 0 Å². The summed E-state index contributed by atoms with van der Waals surface area (Å²) in [6.45, 7) is 0.278. The highest BCUT2D eigenvalue weighted by atomic mass is 79.9. The third-order valence-electron chi connectivity index (χ3n) is 2.90. The Balaban J connectivity index is 1.80. The molecule has 5 nitrogen and oxygen atoms in total. The Kier molecular flexibility index (Phi) is 4.35. The van der Waals surface area contributed by atoms with Crippen LogP contribution in [-0.2, 0) is 6.61 Å². The van der Waals surface area contributed by atoms with Gasteiger partial charge in [-0.15, -0.1) is 10.2 Å². The van der Waals surface area contributed by atoms with Gasteiger partial charge < -0.3 is 4.74 Å². The van der Waals surface area contributed by atoms with E-state index in [1.807, 2.05) is 0 Å². The van der Waals surface area contributed by atoms with Crippen LogP contribution >= 0.6 is 27.5 Å². The van der Waals surface area contributed by atoms with Crippen LogP contribution in [0, 0.1) is 5.82 Å². The van der Waals surface area contributed by atoms with Crippen LogP contribution in [0.1, 0.15) is 5.56 Å². The van der Waals surface area contributed by atoms with Crippen molar-refractivity contribution in [2.45, 2.75) is 6.61 Å². The molecule has 0 atom stereocenters. The standard InChI is InChI=1S/C14H9BrClFN4O/c15-11-5-9(14-18-20-21-19-14)6-12(16)13(11)22-7-8-1-3-10(17)4-2-8/h1-6H,7H2,(H,18,19,20,21). The van der Waals surface area contributed by atoms with Gasteiger partial charge in [0.15, 0.2) is 5.75 Å². The maximum Gasteiger partial charge on any atom is 0.204 e. The molecule has 22 heavy (non-hydrogen) atoms. The van der Waals surface area contributed by atoms with Crippen LogP contribution in [0.25, 0.3) is 11.4 Å². The number of benzene rings is 2. The summed E-state index contributed by atoms with van der Waals surface area (Å²) in [6.07, 6.45) is 0. The first-order valence-electron chi connectivity index (χ1n) is 6.23. The fraction of sp³-hybridized carbons (Fsp3) is 0.0714. The first kappa shape index (κ1) is 14.9. The van der Waals surface area contributed by atoms with Crippen LogP contribution in [0.4, 0.5) is 4.39 Å². The highest BCUT2D eigenvalue weighted by molar-refractivity contribution is 9.10. The average molecular weight is 384 g/mol. The van der Waals surface area contributed by atoms with Crippen molar-refractivity contribution in [2.75, 3.05) is 0 Å². The summed E-state index contributed by atoms with van der Waals surface area (Å²) in [5.74, 6) is 0.651. The fourth-order valence-corrected chi connectivity index (χ4v) is 2.81. The minimum absolute atomic E-state index is 0.278. The molecule has 0 spiro atoms. The van der Waals surface area contributed by atoms with E-state index in [-0.39, 0.29) is 12.4 Å². The molecule has 0 saturated carbocycles. The molecule has 0 bridgehead atoms. The topological polar surface area (TPSA) is 63.7 Å². The Morgan fingerprint density at radius 1 is 1.23 bits per heavy atom. The number of nitrogens with one attached hydrogen (secondary N) is 1. The monoisotopic (exact) mass is 382 g/mol. The molecule has 112 valence electrons. The second kappa shape index (κ2) is 6.41. The largest absolute Gasteiger partial charge is 0.486 e. The Hall–Kier alpha value is -1.99. The zero-order valence-electron chi connectivity index (χ0n) is 11.1. The number of hydrogen-bond acceptors (Lipinski definition) is 4. The lowest BCUT2D eigenvalue weighted by molar-refractivity contribution is 0.304. The van der Waals surface area contributed by atoms with E-state index in [1.54, 1.807) is 24.3 Å². The smallest absolute Gasteiger partial charge is 0.204 e. The quantitative estimate of drug-likeness (QED) is 0.739. The maximum absolute atomic E-state index is 12.9. The zero-order chi connectivity index (χ0) is 15.5. The van der Waals surface area contributed by atoms with Crippen molar-refractivity contribution < 1.29 is 9.13 Å². The number of rotatable bonds is 4. The Labute approximate surface area is 138 Å². The van der Waals surface area contributed by atoms with Crippen LogP contribution in [0.5, 0.6) is 5.75 Å². The summed E-state index contributed by atoms with van der Waals surface area (Å²) in [5.41, 5.74) is 1.55. The van der Waals surface area contributed by atoms with Crippen molar-refractivity contribution in [1.29, 1.82) is 0 Å². The van der Waals surface area contributed by atoms with Crippen LogP contribution in [0.15, 0.2) is 40.9 Å². The summed E-state index contributed by atoms with van der Waals surface area (Å²) in [4.78, 5) is 0. The van der Waals surface area contributed by atoms with E-state index in [1.165, 1.54) is 12.1 Å². The SMILES string of the molecule is Fc1ccc(COc2c(Cl)cc(-c3nn[nH]n3)cc2Br)cc1. The van der Waals surface area contributed by atoms with Crippen molar-refractivity contribution in [2.24, 2.45) is 0 Å². The van der Waals surface area contributed by atoms with E-state index >= 15 is 0 Å². The lowest BCUT2D eigenvalue weighted by atomic mass is 10.2. The van der Waals surface area contributed by atoms with E-state index in [0.717, 1.165) is 5.56 Å². The summed E-state index contributed by atoms with van der Waals surface area (Å²) in [6, 6.07) is 9.56. The molecule has 0 unspecified atom stereocenters. The van der Waals surface area contributed by atoms with Gasteiger partial charge in [0.25, 0.3) is 0 Å². The number of halogens is 3. The van der Waals surface area contributed by atoms with E-state index in [0.29, 0.717) is 26.6 Å². The molecule has 2 aromatic carbocycles. The normalized spacial score (nSPS) is 10.7. The molecule has 0 aliphatic rings. The van der Waals surface area contributed by atoms with Crippen LogP contribution in [-0.4, -0.2) is 20.6 Å². The van der Waals surface area contributed by atoms with Gasteiger partial charge in [-0.1, -0.05) is 23.7 Å². The third-order valence-corrected chi connectivity index (χ3v) is 3.77. The molecule has 0 radical (unpaired) electrons. The minimum atomic E-state index is -0.285. The molecule has 0 fully saturated rings. The van der Waals surface area contributed by atoms with Crippen LogP contribution < -0.4 is 4.74 Å². The highest BCUT2D eigenvalue weighted by Gasteiger charge is 2.13. The summed E-state index contributed by atoms with van der Waals surface area (Å²) >= 11 is 9.65. The lowest BCUT2D eigenvalue weighted by Gasteiger charge is -2.11. The van der Waals surface area contributed by atoms with Gasteiger partial charge in [0.2, 0.25) is 5.82 Å². The number of hydrogen-bond donors (Lipinski definition) is 1. The highest BCUT2D eigenvalue weighted by Crippen LogP contribution is 2.37. The van der Waals surface area contributed by atoms with Gasteiger partial charge in [0.05, 0.1) is 9.50 Å². The van der Waals surface area contributed by atoms with E-state index in [9.17, 15) is 4.39 Å². The molecule has 0 saturated heterocycles. The molecule has 3 rings (SSSR count). The molecule has 0 amide bonds. The van der Waals surface area contributed by atoms with Gasteiger partial charge in [-0.25, -0.2) is 4.39 Å². The zero-order valence-corrected chi connectivity index (χ0v) is 13.4. The van der Waals surface area contributed by atoms with Gasteiger partial charge in [-0.05, 0) is 51.0 Å². The fourth-order valence-electron chi connectivity index (χ4n) is 1.85. The molecule has 1 N–H and O–H groups in total. The predicted octanol–water partition coefficient (Wildman–Crippen LogP) is 4.00. The van der Waals surface area contributed by atoms with Crippen molar-refractivity contribution >= 4 is 27.5 Å². The van der Waals surface area contributed by atoms with Gasteiger partial charge in [-0.2, -0.15) is 5.21 Å². The number of tetrazole rings is 1. The van der Waals surface area contributed by atoms with Crippen molar-refractivity contribution in [3.8, 4) is 17.1 Å².